The van der Waals surface area contributed by atoms with E-state index in [0.29, 0.717) is 45.9 Å². The lowest BCUT2D eigenvalue weighted by Gasteiger charge is -2.15. The first kappa shape index (κ1) is 23.3. The molecule has 1 N–H and O–H groups in total. The van der Waals surface area contributed by atoms with Crippen molar-refractivity contribution in [3.8, 4) is 28.4 Å². The van der Waals surface area contributed by atoms with Gasteiger partial charge in [-0.05, 0) is 67.4 Å². The van der Waals surface area contributed by atoms with Gasteiger partial charge < -0.3 is 19.5 Å². The fourth-order valence-electron chi connectivity index (χ4n) is 4.14. The first-order valence-corrected chi connectivity index (χ1v) is 10.9. The van der Waals surface area contributed by atoms with Gasteiger partial charge in [0.2, 0.25) is 0 Å². The average molecular weight is 464 g/mol. The number of nitrogens with one attached hydrogen (secondary N) is 1. The summed E-state index contributed by atoms with van der Waals surface area (Å²) in [4.78, 5) is 24.5. The van der Waals surface area contributed by atoms with Gasteiger partial charge in [-0.1, -0.05) is 6.07 Å². The Labute approximate surface area is 197 Å². The molecule has 1 atom stereocenters. The molecule has 0 aliphatic carbocycles. The Balaban J connectivity index is 1.53. The molecule has 3 aromatic rings. The third-order valence-electron chi connectivity index (χ3n) is 5.84. The van der Waals surface area contributed by atoms with Crippen LogP contribution in [0.15, 0.2) is 48.5 Å². The second kappa shape index (κ2) is 9.55. The highest BCUT2D eigenvalue weighted by atomic mass is 19.1. The average Bonchev–Trinajstić information content (AvgIpc) is 3.24. The summed E-state index contributed by atoms with van der Waals surface area (Å²) in [6.07, 6.45) is 0.267. The van der Waals surface area contributed by atoms with Crippen LogP contribution in [0.3, 0.4) is 0 Å². The van der Waals surface area contributed by atoms with Crippen molar-refractivity contribution < 1.29 is 28.2 Å². The second-order valence-electron chi connectivity index (χ2n) is 8.28. The van der Waals surface area contributed by atoms with E-state index in [1.54, 1.807) is 24.3 Å². The number of hydrogen-bond donors (Lipinski definition) is 1. The van der Waals surface area contributed by atoms with Crippen LogP contribution in [0.2, 0.25) is 0 Å². The van der Waals surface area contributed by atoms with Gasteiger partial charge in [-0.2, -0.15) is 0 Å². The molecule has 1 heterocycles. The Morgan fingerprint density at radius 1 is 1.00 bits per heavy atom. The van der Waals surface area contributed by atoms with Crippen LogP contribution in [0, 0.1) is 12.7 Å². The minimum absolute atomic E-state index is 0.137. The van der Waals surface area contributed by atoms with Gasteiger partial charge in [-0.15, -0.1) is 0 Å². The maximum absolute atomic E-state index is 14.7. The summed E-state index contributed by atoms with van der Waals surface area (Å²) in [6.45, 7) is 3.66. The third-order valence-corrected chi connectivity index (χ3v) is 5.84. The number of rotatable bonds is 7. The standard InChI is InChI=1S/C27H26FNO5/c1-15-9-19-11-20(14-29-27(31)18-6-8-24(32-3)25(13-18)33-4)34-26(19)22(10-15)21-12-17(16(2)30)5-7-23(21)28/h5-10,12-13,20H,11,14H2,1-4H3,(H,29,31)/t20-/m1/s1. The number of benzene rings is 3. The van der Waals surface area contributed by atoms with E-state index in [-0.39, 0.29) is 24.3 Å². The second-order valence-corrected chi connectivity index (χ2v) is 8.28. The van der Waals surface area contributed by atoms with Gasteiger partial charge in [0.15, 0.2) is 17.3 Å². The van der Waals surface area contributed by atoms with Crippen molar-refractivity contribution in [3.05, 3.63) is 76.6 Å². The molecule has 1 aliphatic heterocycles. The first-order valence-electron chi connectivity index (χ1n) is 10.9. The van der Waals surface area contributed by atoms with Gasteiger partial charge in [0.1, 0.15) is 17.7 Å². The molecule has 0 aromatic heterocycles. The molecule has 0 saturated heterocycles. The number of halogens is 1. The van der Waals surface area contributed by atoms with E-state index in [0.717, 1.165) is 11.1 Å². The number of fused-ring (bicyclic) bond motifs is 1. The number of amides is 1. The Bertz CT molecular complexity index is 1270. The number of aryl methyl sites for hydroxylation is 1. The van der Waals surface area contributed by atoms with Gasteiger partial charge in [-0.25, -0.2) is 4.39 Å². The van der Waals surface area contributed by atoms with E-state index < -0.39 is 5.82 Å². The van der Waals surface area contributed by atoms with Crippen LogP contribution < -0.4 is 19.5 Å². The predicted octanol–water partition coefficient (Wildman–Crippen LogP) is 4.75. The molecule has 176 valence electrons. The number of ketones is 1. The molecular weight excluding hydrogens is 437 g/mol. The molecule has 0 saturated carbocycles. The highest BCUT2D eigenvalue weighted by molar-refractivity contribution is 5.96. The molecule has 4 rings (SSSR count). The monoisotopic (exact) mass is 463 g/mol. The lowest BCUT2D eigenvalue weighted by atomic mass is 9.95. The Morgan fingerprint density at radius 3 is 2.44 bits per heavy atom. The first-order chi connectivity index (χ1) is 16.3. The summed E-state index contributed by atoms with van der Waals surface area (Å²) < 4.78 is 31.4. The maximum atomic E-state index is 14.7. The third kappa shape index (κ3) is 4.59. The molecule has 6 nitrogen and oxygen atoms in total. The van der Waals surface area contributed by atoms with Gasteiger partial charge >= 0.3 is 0 Å². The highest BCUT2D eigenvalue weighted by Crippen LogP contribution is 2.41. The van der Waals surface area contributed by atoms with Crippen LogP contribution >= 0.6 is 0 Å². The van der Waals surface area contributed by atoms with Crippen molar-refractivity contribution in [2.24, 2.45) is 0 Å². The fraction of sp³-hybridized carbons (Fsp3) is 0.259. The van der Waals surface area contributed by atoms with Crippen LogP contribution in [0.1, 0.15) is 38.8 Å². The molecule has 34 heavy (non-hydrogen) atoms. The zero-order chi connectivity index (χ0) is 24.4. The minimum atomic E-state index is -0.424. The van der Waals surface area contributed by atoms with Crippen LogP contribution in [0.4, 0.5) is 4.39 Å². The molecule has 7 heteroatoms. The normalized spacial score (nSPS) is 14.2. The Kier molecular flexibility index (Phi) is 6.54. The summed E-state index contributed by atoms with van der Waals surface area (Å²) in [6, 6.07) is 13.1. The SMILES string of the molecule is COc1ccc(C(=O)NC[C@H]2Cc3cc(C)cc(-c4cc(C(C)=O)ccc4F)c3O2)cc1OC. The lowest BCUT2D eigenvalue weighted by molar-refractivity contribution is 0.0932. The quantitative estimate of drug-likeness (QED) is 0.512. The van der Waals surface area contributed by atoms with Crippen molar-refractivity contribution in [1.82, 2.24) is 5.32 Å². The molecule has 0 radical (unpaired) electrons. The molecule has 0 fully saturated rings. The van der Waals surface area contributed by atoms with E-state index in [9.17, 15) is 14.0 Å². The number of methoxy groups -OCH3 is 2. The van der Waals surface area contributed by atoms with Crippen LogP contribution in [-0.2, 0) is 6.42 Å². The molecule has 3 aromatic carbocycles. The smallest absolute Gasteiger partial charge is 0.251 e. The van der Waals surface area contributed by atoms with Crippen molar-refractivity contribution in [2.75, 3.05) is 20.8 Å². The zero-order valence-corrected chi connectivity index (χ0v) is 19.5. The van der Waals surface area contributed by atoms with E-state index in [4.69, 9.17) is 14.2 Å². The summed E-state index contributed by atoms with van der Waals surface area (Å²) >= 11 is 0. The largest absolute Gasteiger partial charge is 0.493 e. The summed E-state index contributed by atoms with van der Waals surface area (Å²) in [5.74, 6) is 0.758. The summed E-state index contributed by atoms with van der Waals surface area (Å²) in [5, 5.41) is 2.89. The number of ether oxygens (including phenoxy) is 3. The molecule has 1 aliphatic rings. The van der Waals surface area contributed by atoms with Crippen LogP contribution in [-0.4, -0.2) is 38.6 Å². The van der Waals surface area contributed by atoms with Crippen LogP contribution in [0.5, 0.6) is 17.2 Å². The van der Waals surface area contributed by atoms with Crippen molar-refractivity contribution >= 4 is 11.7 Å². The summed E-state index contributed by atoms with van der Waals surface area (Å²) in [5.41, 5.74) is 3.69. The molecule has 1 amide bonds. The molecule has 0 unspecified atom stereocenters. The number of Topliss-reactive ketones (excluding diaryl/α,β-unsaturated/α-hetero) is 1. The molecule has 0 bridgehead atoms. The number of carbonyl (C=O) groups is 2. The predicted molar refractivity (Wildman–Crippen MR) is 127 cm³/mol. The van der Waals surface area contributed by atoms with Gasteiger partial charge in [-0.3, -0.25) is 9.59 Å². The Hall–Kier alpha value is -3.87. The van der Waals surface area contributed by atoms with Gasteiger partial charge in [0.25, 0.3) is 5.91 Å². The van der Waals surface area contributed by atoms with Gasteiger partial charge in [0.05, 0.1) is 20.8 Å². The van der Waals surface area contributed by atoms with Crippen molar-refractivity contribution in [3.63, 3.8) is 0 Å². The van der Waals surface area contributed by atoms with Crippen LogP contribution in [0.25, 0.3) is 11.1 Å². The van der Waals surface area contributed by atoms with E-state index in [1.165, 1.54) is 33.3 Å². The highest BCUT2D eigenvalue weighted by Gasteiger charge is 2.28. The van der Waals surface area contributed by atoms with E-state index in [1.807, 2.05) is 19.1 Å². The number of hydrogen-bond acceptors (Lipinski definition) is 5. The van der Waals surface area contributed by atoms with Crippen molar-refractivity contribution in [1.29, 1.82) is 0 Å². The fourth-order valence-corrected chi connectivity index (χ4v) is 4.14. The number of carbonyl (C=O) groups excluding carboxylic acids is 2. The van der Waals surface area contributed by atoms with Gasteiger partial charge in [0, 0.05) is 28.7 Å². The lowest BCUT2D eigenvalue weighted by Crippen LogP contribution is -2.34. The molecule has 0 spiro atoms. The van der Waals surface area contributed by atoms with E-state index in [2.05, 4.69) is 5.32 Å². The Morgan fingerprint density at radius 2 is 1.74 bits per heavy atom. The van der Waals surface area contributed by atoms with E-state index >= 15 is 0 Å². The maximum Gasteiger partial charge on any atom is 0.251 e. The minimum Gasteiger partial charge on any atom is -0.493 e. The topological polar surface area (TPSA) is 73.9 Å². The summed E-state index contributed by atoms with van der Waals surface area (Å²) in [7, 11) is 3.04. The van der Waals surface area contributed by atoms with Crippen molar-refractivity contribution in [2.45, 2.75) is 26.4 Å². The molecular formula is C27H26FNO5. The zero-order valence-electron chi connectivity index (χ0n) is 19.5.